The molecule has 0 radical (unpaired) electrons. The summed E-state index contributed by atoms with van der Waals surface area (Å²) in [6.45, 7) is 1.99. The molecule has 9 nitrogen and oxygen atoms in total. The van der Waals surface area contributed by atoms with Crippen molar-refractivity contribution in [2.24, 2.45) is 0 Å². The van der Waals surface area contributed by atoms with Gasteiger partial charge in [0.15, 0.2) is 0 Å². The maximum Gasteiger partial charge on any atom is 0.263 e. The van der Waals surface area contributed by atoms with Gasteiger partial charge in [-0.3, -0.25) is 9.36 Å². The minimum absolute atomic E-state index is 0.149. The number of aromatic nitrogens is 5. The molecule has 1 N–H and O–H groups in total. The van der Waals surface area contributed by atoms with Gasteiger partial charge >= 0.3 is 0 Å². The van der Waals surface area contributed by atoms with Gasteiger partial charge in [0.05, 0.1) is 28.6 Å². The van der Waals surface area contributed by atoms with Gasteiger partial charge in [-0.05, 0) is 54.3 Å². The Balaban J connectivity index is 1.53. The second kappa shape index (κ2) is 10.5. The fourth-order valence-corrected chi connectivity index (χ4v) is 5.00. The van der Waals surface area contributed by atoms with Gasteiger partial charge in [0.1, 0.15) is 12.1 Å². The van der Waals surface area contributed by atoms with Crippen molar-refractivity contribution in [3.05, 3.63) is 113 Å². The fraction of sp³-hybridized carbons (Fsp3) is 0.125. The van der Waals surface area contributed by atoms with E-state index < -0.39 is 0 Å². The number of anilines is 2. The normalized spacial score (nSPS) is 11.8. The smallest absolute Gasteiger partial charge is 0.263 e. The summed E-state index contributed by atoms with van der Waals surface area (Å²) in [5.41, 5.74) is 4.12. The molecule has 41 heavy (non-hydrogen) atoms. The molecule has 6 aromatic rings. The van der Waals surface area contributed by atoms with E-state index in [0.29, 0.717) is 22.7 Å². The minimum atomic E-state index is -0.331. The molecule has 0 aliphatic rings. The standard InChI is InChI=1S/C32H26N8O/c1-20(38-30-26-14-21(16-33)12-13-27(26)36-19-37-30)28-15-22-8-7-11-25(23-17-34-32(35-18-23)39(2)3)29(22)31(41)40(28)24-9-5-4-6-10-24/h4-15,17-20H,1-3H3,(H,36,37,38)/t20-/m0/s1. The third-order valence-corrected chi connectivity index (χ3v) is 7.00. The number of fused-ring (bicyclic) bond motifs is 2. The molecule has 3 heterocycles. The summed E-state index contributed by atoms with van der Waals surface area (Å²) in [5, 5.41) is 15.0. The molecule has 9 heteroatoms. The Bertz CT molecular complexity index is 1990. The van der Waals surface area contributed by atoms with Crippen LogP contribution in [0.1, 0.15) is 24.2 Å². The molecule has 0 unspecified atom stereocenters. The maximum atomic E-state index is 14.4. The molecule has 0 aliphatic heterocycles. The van der Waals surface area contributed by atoms with Crippen LogP contribution in [0.15, 0.2) is 96.3 Å². The molecule has 0 spiro atoms. The zero-order valence-corrected chi connectivity index (χ0v) is 22.8. The van der Waals surface area contributed by atoms with Crippen molar-refractivity contribution in [2.45, 2.75) is 13.0 Å². The molecular formula is C32H26N8O. The highest BCUT2D eigenvalue weighted by Gasteiger charge is 2.20. The monoisotopic (exact) mass is 538 g/mol. The summed E-state index contributed by atoms with van der Waals surface area (Å²) in [6, 6.07) is 24.6. The number of hydrogen-bond acceptors (Lipinski definition) is 8. The second-order valence-corrected chi connectivity index (χ2v) is 9.91. The first-order valence-electron chi connectivity index (χ1n) is 13.1. The van der Waals surface area contributed by atoms with Crippen LogP contribution in [0.5, 0.6) is 0 Å². The first-order chi connectivity index (χ1) is 19.9. The molecule has 1 atom stereocenters. The molecule has 0 saturated carbocycles. The molecule has 0 saturated heterocycles. The van der Waals surface area contributed by atoms with Gasteiger partial charge in [0, 0.05) is 48.8 Å². The van der Waals surface area contributed by atoms with E-state index in [1.807, 2.05) is 80.5 Å². The van der Waals surface area contributed by atoms with Gasteiger partial charge in [-0.25, -0.2) is 19.9 Å². The van der Waals surface area contributed by atoms with Crippen LogP contribution < -0.4 is 15.8 Å². The molecule has 0 fully saturated rings. The number of nitrogens with one attached hydrogen (secondary N) is 1. The van der Waals surface area contributed by atoms with Crippen molar-refractivity contribution in [2.75, 3.05) is 24.3 Å². The number of pyridine rings is 1. The molecular weight excluding hydrogens is 512 g/mol. The first-order valence-corrected chi connectivity index (χ1v) is 13.1. The number of benzene rings is 3. The van der Waals surface area contributed by atoms with Gasteiger partial charge in [-0.1, -0.05) is 36.4 Å². The van der Waals surface area contributed by atoms with Gasteiger partial charge in [0.2, 0.25) is 5.95 Å². The first kappa shape index (κ1) is 25.6. The van der Waals surface area contributed by atoms with Gasteiger partial charge < -0.3 is 10.2 Å². The summed E-state index contributed by atoms with van der Waals surface area (Å²) in [7, 11) is 3.77. The molecule has 3 aromatic carbocycles. The lowest BCUT2D eigenvalue weighted by Crippen LogP contribution is -2.26. The quantitative estimate of drug-likeness (QED) is 0.296. The van der Waals surface area contributed by atoms with Gasteiger partial charge in [0.25, 0.3) is 5.56 Å². The Morgan fingerprint density at radius 1 is 0.927 bits per heavy atom. The summed E-state index contributed by atoms with van der Waals surface area (Å²) < 4.78 is 1.74. The van der Waals surface area contributed by atoms with Crippen molar-refractivity contribution >= 4 is 33.4 Å². The molecule has 200 valence electrons. The van der Waals surface area contributed by atoms with Crippen LogP contribution in [-0.2, 0) is 0 Å². The highest BCUT2D eigenvalue weighted by atomic mass is 16.1. The topological polar surface area (TPSA) is 113 Å². The van der Waals surface area contributed by atoms with Gasteiger partial charge in [-0.2, -0.15) is 5.26 Å². The molecule has 0 bridgehead atoms. The number of nitriles is 1. The molecule has 6 rings (SSSR count). The van der Waals surface area contributed by atoms with E-state index in [0.717, 1.165) is 38.8 Å². The van der Waals surface area contributed by atoms with Crippen LogP contribution in [0.25, 0.3) is 38.5 Å². The Labute approximate surface area is 236 Å². The van der Waals surface area contributed by atoms with Crippen molar-refractivity contribution in [1.29, 1.82) is 5.26 Å². The zero-order chi connectivity index (χ0) is 28.5. The van der Waals surface area contributed by atoms with Crippen LogP contribution in [-0.4, -0.2) is 38.6 Å². The van der Waals surface area contributed by atoms with E-state index in [4.69, 9.17) is 0 Å². The van der Waals surface area contributed by atoms with E-state index in [9.17, 15) is 10.1 Å². The summed E-state index contributed by atoms with van der Waals surface area (Å²) in [5.74, 6) is 1.18. The van der Waals surface area contributed by atoms with Crippen molar-refractivity contribution < 1.29 is 0 Å². The Morgan fingerprint density at radius 2 is 1.71 bits per heavy atom. The third kappa shape index (κ3) is 4.72. The number of para-hydroxylation sites is 1. The van der Waals surface area contributed by atoms with E-state index >= 15 is 0 Å². The number of hydrogen-bond donors (Lipinski definition) is 1. The highest BCUT2D eigenvalue weighted by molar-refractivity contribution is 5.96. The van der Waals surface area contributed by atoms with Crippen LogP contribution in [0.2, 0.25) is 0 Å². The molecule has 3 aromatic heterocycles. The highest BCUT2D eigenvalue weighted by Crippen LogP contribution is 2.31. The van der Waals surface area contributed by atoms with Crippen molar-refractivity contribution in [3.8, 4) is 22.9 Å². The number of nitrogens with zero attached hydrogens (tertiary/aromatic N) is 7. The predicted octanol–water partition coefficient (Wildman–Crippen LogP) is 5.50. The SMILES string of the molecule is C[C@H](Nc1ncnc2ccc(C#N)cc12)c1cc2cccc(-c3cnc(N(C)C)nc3)c2c(=O)n1-c1ccccc1. The average Bonchev–Trinajstić information content (AvgIpc) is 3.01. The lowest BCUT2D eigenvalue weighted by molar-refractivity contribution is 0.774. The van der Waals surface area contributed by atoms with Crippen molar-refractivity contribution in [3.63, 3.8) is 0 Å². The van der Waals surface area contributed by atoms with E-state index in [1.165, 1.54) is 6.33 Å². The molecule has 0 aliphatic carbocycles. The fourth-order valence-electron chi connectivity index (χ4n) is 5.00. The Hall–Kier alpha value is -5.62. The van der Waals surface area contributed by atoms with Crippen molar-refractivity contribution in [1.82, 2.24) is 24.5 Å². The lowest BCUT2D eigenvalue weighted by atomic mass is 9.99. The zero-order valence-electron chi connectivity index (χ0n) is 22.8. The summed E-state index contributed by atoms with van der Waals surface area (Å²) >= 11 is 0. The van der Waals surface area contributed by atoms with Crippen LogP contribution in [0.3, 0.4) is 0 Å². The predicted molar refractivity (Wildman–Crippen MR) is 161 cm³/mol. The summed E-state index contributed by atoms with van der Waals surface area (Å²) in [4.78, 5) is 34.0. The Morgan fingerprint density at radius 3 is 2.44 bits per heavy atom. The van der Waals surface area contributed by atoms with Crippen LogP contribution in [0, 0.1) is 11.3 Å². The Kier molecular flexibility index (Phi) is 6.57. The minimum Gasteiger partial charge on any atom is -0.361 e. The lowest BCUT2D eigenvalue weighted by Gasteiger charge is -2.22. The van der Waals surface area contributed by atoms with E-state index in [2.05, 4.69) is 31.3 Å². The van der Waals surface area contributed by atoms with Crippen LogP contribution >= 0.6 is 0 Å². The largest absolute Gasteiger partial charge is 0.361 e. The third-order valence-electron chi connectivity index (χ3n) is 7.00. The summed E-state index contributed by atoms with van der Waals surface area (Å²) in [6.07, 6.45) is 4.98. The van der Waals surface area contributed by atoms with Crippen LogP contribution in [0.4, 0.5) is 11.8 Å². The van der Waals surface area contributed by atoms with E-state index in [1.54, 1.807) is 35.2 Å². The second-order valence-electron chi connectivity index (χ2n) is 9.91. The van der Waals surface area contributed by atoms with Gasteiger partial charge in [-0.15, -0.1) is 0 Å². The maximum absolute atomic E-state index is 14.4. The number of rotatable bonds is 6. The van der Waals surface area contributed by atoms with E-state index in [-0.39, 0.29) is 11.6 Å². The molecule has 0 amide bonds. The average molecular weight is 539 g/mol.